The van der Waals surface area contributed by atoms with Gasteiger partial charge in [0, 0.05) is 23.6 Å². The van der Waals surface area contributed by atoms with Crippen LogP contribution in [0.4, 0.5) is 4.39 Å². The number of halogens is 1. The van der Waals surface area contributed by atoms with Crippen molar-refractivity contribution in [1.82, 2.24) is 4.98 Å². The Hall–Kier alpha value is -1.33. The molecule has 2 rings (SSSR count). The predicted molar refractivity (Wildman–Crippen MR) is 67.1 cm³/mol. The zero-order chi connectivity index (χ0) is 12.1. The first-order valence-corrected chi connectivity index (χ1v) is 6.43. The first-order chi connectivity index (χ1) is 8.29. The summed E-state index contributed by atoms with van der Waals surface area (Å²) in [5.41, 5.74) is 7.06. The number of benzene rings is 1. The topological polar surface area (TPSA) is 52.0 Å². The Balaban J connectivity index is 2.04. The summed E-state index contributed by atoms with van der Waals surface area (Å²) in [7, 11) is 0. The molecule has 0 aliphatic heterocycles. The molecule has 17 heavy (non-hydrogen) atoms. The third-order valence-corrected chi connectivity index (χ3v) is 3.18. The lowest BCUT2D eigenvalue weighted by molar-refractivity contribution is 0.573. The van der Waals surface area contributed by atoms with Gasteiger partial charge in [-0.3, -0.25) is 0 Å². The highest BCUT2D eigenvalue weighted by Crippen LogP contribution is 2.20. The maximum absolute atomic E-state index is 12.7. The van der Waals surface area contributed by atoms with Gasteiger partial charge in [-0.05, 0) is 24.3 Å². The lowest BCUT2D eigenvalue weighted by atomic mass is 10.2. The molecule has 2 aromatic rings. The molecule has 0 saturated heterocycles. The van der Waals surface area contributed by atoms with E-state index in [1.165, 1.54) is 12.1 Å². The highest BCUT2D eigenvalue weighted by atomic mass is 32.2. The van der Waals surface area contributed by atoms with Crippen molar-refractivity contribution < 1.29 is 8.81 Å². The second-order valence-electron chi connectivity index (χ2n) is 3.49. The minimum Gasteiger partial charge on any atom is -0.444 e. The molecule has 0 bridgehead atoms. The maximum Gasteiger partial charge on any atom is 0.226 e. The smallest absolute Gasteiger partial charge is 0.226 e. The van der Waals surface area contributed by atoms with Crippen LogP contribution in [0.15, 0.2) is 34.9 Å². The van der Waals surface area contributed by atoms with Crippen molar-refractivity contribution >= 4 is 11.8 Å². The van der Waals surface area contributed by atoms with Crippen molar-refractivity contribution in [3.05, 3.63) is 42.0 Å². The van der Waals surface area contributed by atoms with Crippen LogP contribution in [0, 0.1) is 5.82 Å². The molecule has 0 aliphatic rings. The molecular formula is C12H13FN2OS. The highest BCUT2D eigenvalue weighted by molar-refractivity contribution is 7.98. The molecule has 1 aromatic heterocycles. The van der Waals surface area contributed by atoms with Gasteiger partial charge in [0.05, 0.1) is 5.69 Å². The van der Waals surface area contributed by atoms with Crippen LogP contribution in [-0.2, 0) is 5.75 Å². The second kappa shape index (κ2) is 5.84. The molecule has 0 aliphatic carbocycles. The Kier molecular flexibility index (Phi) is 4.17. The number of thioether (sulfide) groups is 1. The Morgan fingerprint density at radius 2 is 2.06 bits per heavy atom. The SMILES string of the molecule is NCCSCc1coc(-c2ccc(F)cc2)n1. The lowest BCUT2D eigenvalue weighted by Gasteiger charge is -1.95. The summed E-state index contributed by atoms with van der Waals surface area (Å²) in [6, 6.07) is 6.08. The summed E-state index contributed by atoms with van der Waals surface area (Å²) < 4.78 is 18.1. The van der Waals surface area contributed by atoms with Crippen LogP contribution in [0.1, 0.15) is 5.69 Å². The van der Waals surface area contributed by atoms with Crippen LogP contribution in [0.25, 0.3) is 11.5 Å². The van der Waals surface area contributed by atoms with E-state index in [-0.39, 0.29) is 5.82 Å². The summed E-state index contributed by atoms with van der Waals surface area (Å²) >= 11 is 1.71. The van der Waals surface area contributed by atoms with E-state index in [0.717, 1.165) is 22.8 Å². The Morgan fingerprint density at radius 3 is 2.76 bits per heavy atom. The van der Waals surface area contributed by atoms with Gasteiger partial charge in [-0.25, -0.2) is 9.37 Å². The average Bonchev–Trinajstić information content (AvgIpc) is 2.79. The van der Waals surface area contributed by atoms with Crippen LogP contribution >= 0.6 is 11.8 Å². The van der Waals surface area contributed by atoms with Gasteiger partial charge in [-0.1, -0.05) is 0 Å². The van der Waals surface area contributed by atoms with Gasteiger partial charge >= 0.3 is 0 Å². The molecule has 0 atom stereocenters. The summed E-state index contributed by atoms with van der Waals surface area (Å²) in [5.74, 6) is 1.94. The van der Waals surface area contributed by atoms with Crippen molar-refractivity contribution in [3.8, 4) is 11.5 Å². The quantitative estimate of drug-likeness (QED) is 0.831. The van der Waals surface area contributed by atoms with E-state index in [1.807, 2.05) is 0 Å². The van der Waals surface area contributed by atoms with Crippen molar-refractivity contribution in [2.24, 2.45) is 5.73 Å². The van der Waals surface area contributed by atoms with Gasteiger partial charge in [-0.2, -0.15) is 11.8 Å². The number of oxazole rings is 1. The summed E-state index contributed by atoms with van der Waals surface area (Å²) in [5, 5.41) is 0. The third-order valence-electron chi connectivity index (χ3n) is 2.16. The Bertz CT molecular complexity index is 470. The minimum atomic E-state index is -0.265. The molecule has 3 nitrogen and oxygen atoms in total. The highest BCUT2D eigenvalue weighted by Gasteiger charge is 2.06. The number of hydrogen-bond donors (Lipinski definition) is 1. The number of aromatic nitrogens is 1. The van der Waals surface area contributed by atoms with Crippen molar-refractivity contribution in [2.75, 3.05) is 12.3 Å². The first-order valence-electron chi connectivity index (χ1n) is 5.28. The fraction of sp³-hybridized carbons (Fsp3) is 0.250. The van der Waals surface area contributed by atoms with Crippen LogP contribution in [0.3, 0.4) is 0 Å². The zero-order valence-corrected chi connectivity index (χ0v) is 10.0. The molecule has 0 saturated carbocycles. The van der Waals surface area contributed by atoms with Crippen molar-refractivity contribution in [2.45, 2.75) is 5.75 Å². The van der Waals surface area contributed by atoms with Gasteiger partial charge in [0.15, 0.2) is 0 Å². The largest absolute Gasteiger partial charge is 0.444 e. The van der Waals surface area contributed by atoms with Gasteiger partial charge < -0.3 is 10.2 Å². The molecule has 1 aromatic carbocycles. The molecule has 0 radical (unpaired) electrons. The monoisotopic (exact) mass is 252 g/mol. The average molecular weight is 252 g/mol. The van der Waals surface area contributed by atoms with Gasteiger partial charge in [0.25, 0.3) is 0 Å². The number of hydrogen-bond acceptors (Lipinski definition) is 4. The van der Waals surface area contributed by atoms with Gasteiger partial charge in [-0.15, -0.1) is 0 Å². The molecule has 0 fully saturated rings. The molecule has 0 unspecified atom stereocenters. The fourth-order valence-electron chi connectivity index (χ4n) is 1.36. The summed E-state index contributed by atoms with van der Waals surface area (Å²) in [4.78, 5) is 4.33. The molecule has 0 amide bonds. The predicted octanol–water partition coefficient (Wildman–Crippen LogP) is 2.67. The van der Waals surface area contributed by atoms with Gasteiger partial charge in [0.2, 0.25) is 5.89 Å². The van der Waals surface area contributed by atoms with Crippen LogP contribution in [-0.4, -0.2) is 17.3 Å². The van der Waals surface area contributed by atoms with E-state index in [2.05, 4.69) is 4.98 Å². The van der Waals surface area contributed by atoms with E-state index in [4.69, 9.17) is 10.2 Å². The Morgan fingerprint density at radius 1 is 1.29 bits per heavy atom. The normalized spacial score (nSPS) is 10.7. The molecule has 0 spiro atoms. The van der Waals surface area contributed by atoms with E-state index >= 15 is 0 Å². The van der Waals surface area contributed by atoms with Crippen LogP contribution in [0.2, 0.25) is 0 Å². The summed E-state index contributed by atoms with van der Waals surface area (Å²) in [6.07, 6.45) is 1.63. The standard InChI is InChI=1S/C12H13FN2OS/c13-10-3-1-9(2-4-10)12-15-11(7-16-12)8-17-6-5-14/h1-4,7H,5-6,8,14H2. The fourth-order valence-corrected chi connectivity index (χ4v) is 2.01. The molecular weight excluding hydrogens is 239 g/mol. The molecule has 2 N–H and O–H groups in total. The summed E-state index contributed by atoms with van der Waals surface area (Å²) in [6.45, 7) is 0.660. The van der Waals surface area contributed by atoms with Crippen LogP contribution in [0.5, 0.6) is 0 Å². The Labute approximate surface area is 103 Å². The lowest BCUT2D eigenvalue weighted by Crippen LogP contribution is -2.01. The van der Waals surface area contributed by atoms with Gasteiger partial charge in [0.1, 0.15) is 12.1 Å². The van der Waals surface area contributed by atoms with Crippen LogP contribution < -0.4 is 5.73 Å². The van der Waals surface area contributed by atoms with Crippen molar-refractivity contribution in [3.63, 3.8) is 0 Å². The van der Waals surface area contributed by atoms with E-state index in [0.29, 0.717) is 12.4 Å². The first kappa shape index (κ1) is 12.1. The maximum atomic E-state index is 12.7. The second-order valence-corrected chi connectivity index (χ2v) is 4.60. The molecule has 5 heteroatoms. The van der Waals surface area contributed by atoms with E-state index in [1.54, 1.807) is 30.2 Å². The molecule has 90 valence electrons. The third kappa shape index (κ3) is 3.31. The number of rotatable bonds is 5. The number of nitrogens with zero attached hydrogens (tertiary/aromatic N) is 1. The van der Waals surface area contributed by atoms with E-state index < -0.39 is 0 Å². The zero-order valence-electron chi connectivity index (χ0n) is 9.23. The minimum absolute atomic E-state index is 0.265. The van der Waals surface area contributed by atoms with Crippen molar-refractivity contribution in [1.29, 1.82) is 0 Å². The molecule has 1 heterocycles. The number of nitrogens with two attached hydrogens (primary N) is 1. The van der Waals surface area contributed by atoms with E-state index in [9.17, 15) is 4.39 Å².